The van der Waals surface area contributed by atoms with Gasteiger partial charge in [0.25, 0.3) is 0 Å². The number of nitrogens with zero attached hydrogens (tertiary/aromatic N) is 1. The third kappa shape index (κ3) is 6.97. The number of hydrogen-bond donors (Lipinski definition) is 2. The van der Waals surface area contributed by atoms with Crippen LogP contribution in [-0.4, -0.2) is 47.7 Å². The van der Waals surface area contributed by atoms with E-state index in [9.17, 15) is 14.7 Å². The fourth-order valence-electron chi connectivity index (χ4n) is 1.68. The van der Waals surface area contributed by atoms with Crippen molar-refractivity contribution in [2.45, 2.75) is 32.8 Å². The highest BCUT2D eigenvalue weighted by Gasteiger charge is 2.20. The Morgan fingerprint density at radius 3 is 2.36 bits per heavy atom. The third-order valence-electron chi connectivity index (χ3n) is 2.76. The summed E-state index contributed by atoms with van der Waals surface area (Å²) in [5, 5.41) is 11.9. The monoisotopic (exact) mass is 308 g/mol. The van der Waals surface area contributed by atoms with Crippen LogP contribution in [0.5, 0.6) is 5.75 Å². The highest BCUT2D eigenvalue weighted by molar-refractivity contribution is 5.82. The molecular formula is C16H24N2O4. The number of hydrogen-bond acceptors (Lipinski definition) is 4. The molecule has 0 aliphatic carbocycles. The zero-order chi connectivity index (χ0) is 16.8. The summed E-state index contributed by atoms with van der Waals surface area (Å²) in [4.78, 5) is 24.7. The average Bonchev–Trinajstić information content (AvgIpc) is 2.39. The quantitative estimate of drug-likeness (QED) is 0.871. The molecule has 1 aromatic carbocycles. The maximum atomic E-state index is 11.8. The first-order valence-corrected chi connectivity index (χ1v) is 7.16. The van der Waals surface area contributed by atoms with E-state index < -0.39 is 11.7 Å². The SMILES string of the molecule is CN(CC(=O)NCCc1ccc(O)cc1)C(=O)OC(C)(C)C. The van der Waals surface area contributed by atoms with Gasteiger partial charge in [-0.2, -0.15) is 0 Å². The standard InChI is InChI=1S/C16H24N2O4/c1-16(2,3)22-15(21)18(4)11-14(20)17-10-9-12-5-7-13(19)8-6-12/h5-8,19H,9-11H2,1-4H3,(H,17,20). The molecule has 2 amide bonds. The lowest BCUT2D eigenvalue weighted by Crippen LogP contribution is -2.41. The molecule has 0 spiro atoms. The van der Waals surface area contributed by atoms with E-state index in [0.717, 1.165) is 5.56 Å². The van der Waals surface area contributed by atoms with Crippen molar-refractivity contribution in [3.05, 3.63) is 29.8 Å². The highest BCUT2D eigenvalue weighted by atomic mass is 16.6. The summed E-state index contributed by atoms with van der Waals surface area (Å²) in [5.41, 5.74) is 0.430. The van der Waals surface area contributed by atoms with E-state index >= 15 is 0 Å². The van der Waals surface area contributed by atoms with Crippen LogP contribution in [0.4, 0.5) is 4.79 Å². The molecule has 0 aliphatic rings. The van der Waals surface area contributed by atoms with Gasteiger partial charge in [-0.05, 0) is 44.9 Å². The molecule has 0 unspecified atom stereocenters. The number of likely N-dealkylation sites (N-methyl/N-ethyl adjacent to an activating group) is 1. The van der Waals surface area contributed by atoms with Crippen molar-refractivity contribution in [2.75, 3.05) is 20.1 Å². The van der Waals surface area contributed by atoms with Gasteiger partial charge in [-0.25, -0.2) is 4.79 Å². The predicted octanol–water partition coefficient (Wildman–Crippen LogP) is 1.92. The minimum absolute atomic E-state index is 0.0511. The number of nitrogens with one attached hydrogen (secondary N) is 1. The minimum atomic E-state index is -0.583. The molecular weight excluding hydrogens is 284 g/mol. The molecule has 1 rings (SSSR count). The minimum Gasteiger partial charge on any atom is -0.508 e. The van der Waals surface area contributed by atoms with Crippen LogP contribution in [0.3, 0.4) is 0 Å². The molecule has 1 aromatic rings. The number of phenolic OH excluding ortho intramolecular Hbond substituents is 1. The van der Waals surface area contributed by atoms with Gasteiger partial charge in [0.15, 0.2) is 0 Å². The van der Waals surface area contributed by atoms with Gasteiger partial charge in [0.2, 0.25) is 5.91 Å². The van der Waals surface area contributed by atoms with Crippen LogP contribution >= 0.6 is 0 Å². The van der Waals surface area contributed by atoms with E-state index in [1.165, 1.54) is 11.9 Å². The summed E-state index contributed by atoms with van der Waals surface area (Å²) in [5.74, 6) is -0.0288. The number of aromatic hydroxyl groups is 1. The molecule has 122 valence electrons. The molecule has 0 bridgehead atoms. The lowest BCUT2D eigenvalue weighted by molar-refractivity contribution is -0.121. The Labute approximate surface area is 131 Å². The smallest absolute Gasteiger partial charge is 0.410 e. The molecule has 2 N–H and O–H groups in total. The lowest BCUT2D eigenvalue weighted by Gasteiger charge is -2.24. The van der Waals surface area contributed by atoms with E-state index in [1.807, 2.05) is 0 Å². The zero-order valence-corrected chi connectivity index (χ0v) is 13.5. The van der Waals surface area contributed by atoms with E-state index in [2.05, 4.69) is 5.32 Å². The summed E-state index contributed by atoms with van der Waals surface area (Å²) in [7, 11) is 1.52. The van der Waals surface area contributed by atoms with Crippen molar-refractivity contribution in [3.8, 4) is 5.75 Å². The molecule has 0 aliphatic heterocycles. The summed E-state index contributed by atoms with van der Waals surface area (Å²) in [6.45, 7) is 5.74. The molecule has 0 saturated carbocycles. The topological polar surface area (TPSA) is 78.9 Å². The largest absolute Gasteiger partial charge is 0.508 e. The summed E-state index contributed by atoms with van der Waals surface area (Å²) < 4.78 is 5.17. The van der Waals surface area contributed by atoms with E-state index in [1.54, 1.807) is 45.0 Å². The normalized spacial score (nSPS) is 10.9. The average molecular weight is 308 g/mol. The van der Waals surface area contributed by atoms with Gasteiger partial charge in [-0.1, -0.05) is 12.1 Å². The number of carbonyl (C=O) groups is 2. The molecule has 0 heterocycles. The first kappa shape index (κ1) is 17.8. The van der Waals surface area contributed by atoms with Crippen molar-refractivity contribution in [3.63, 3.8) is 0 Å². The molecule has 0 fully saturated rings. The Bertz CT molecular complexity index is 506. The van der Waals surface area contributed by atoms with Gasteiger partial charge in [0.05, 0.1) is 0 Å². The number of phenols is 1. The van der Waals surface area contributed by atoms with Gasteiger partial charge < -0.3 is 20.1 Å². The number of ether oxygens (including phenoxy) is 1. The molecule has 6 nitrogen and oxygen atoms in total. The summed E-state index contributed by atoms with van der Waals surface area (Å²) in [6, 6.07) is 6.81. The Hall–Kier alpha value is -2.24. The molecule has 0 saturated heterocycles. The van der Waals surface area contributed by atoms with Gasteiger partial charge in [-0.15, -0.1) is 0 Å². The Morgan fingerprint density at radius 2 is 1.82 bits per heavy atom. The van der Waals surface area contributed by atoms with Crippen LogP contribution in [-0.2, 0) is 16.0 Å². The molecule has 0 radical (unpaired) electrons. The van der Waals surface area contributed by atoms with Crippen molar-refractivity contribution in [2.24, 2.45) is 0 Å². The third-order valence-corrected chi connectivity index (χ3v) is 2.76. The lowest BCUT2D eigenvalue weighted by atomic mass is 10.1. The van der Waals surface area contributed by atoms with Gasteiger partial charge in [-0.3, -0.25) is 4.79 Å². The zero-order valence-electron chi connectivity index (χ0n) is 13.5. The van der Waals surface area contributed by atoms with Crippen LogP contribution in [0, 0.1) is 0 Å². The number of carbonyl (C=O) groups excluding carboxylic acids is 2. The van der Waals surface area contributed by atoms with Crippen LogP contribution in [0.2, 0.25) is 0 Å². The highest BCUT2D eigenvalue weighted by Crippen LogP contribution is 2.10. The Balaban J connectivity index is 2.30. The Morgan fingerprint density at radius 1 is 1.23 bits per heavy atom. The number of rotatable bonds is 5. The van der Waals surface area contributed by atoms with Crippen LogP contribution in [0.15, 0.2) is 24.3 Å². The van der Waals surface area contributed by atoms with E-state index in [-0.39, 0.29) is 18.2 Å². The maximum absolute atomic E-state index is 11.8. The first-order valence-electron chi connectivity index (χ1n) is 7.16. The Kier molecular flexibility index (Phi) is 6.22. The molecule has 6 heteroatoms. The second kappa shape index (κ2) is 7.68. The van der Waals surface area contributed by atoms with E-state index in [0.29, 0.717) is 13.0 Å². The number of benzene rings is 1. The second-order valence-corrected chi connectivity index (χ2v) is 6.10. The predicted molar refractivity (Wildman–Crippen MR) is 83.7 cm³/mol. The molecule has 0 aromatic heterocycles. The second-order valence-electron chi connectivity index (χ2n) is 6.10. The number of amides is 2. The van der Waals surface area contributed by atoms with Gasteiger partial charge in [0.1, 0.15) is 17.9 Å². The molecule has 0 atom stereocenters. The van der Waals surface area contributed by atoms with Crippen molar-refractivity contribution in [1.29, 1.82) is 0 Å². The molecule has 22 heavy (non-hydrogen) atoms. The van der Waals surface area contributed by atoms with Crippen molar-refractivity contribution >= 4 is 12.0 Å². The van der Waals surface area contributed by atoms with Gasteiger partial charge >= 0.3 is 6.09 Å². The van der Waals surface area contributed by atoms with Crippen LogP contribution in [0.1, 0.15) is 26.3 Å². The summed E-state index contributed by atoms with van der Waals surface area (Å²) >= 11 is 0. The fourth-order valence-corrected chi connectivity index (χ4v) is 1.68. The first-order chi connectivity index (χ1) is 10.2. The van der Waals surface area contributed by atoms with Gasteiger partial charge in [0, 0.05) is 13.6 Å². The van der Waals surface area contributed by atoms with Crippen LogP contribution in [0.25, 0.3) is 0 Å². The van der Waals surface area contributed by atoms with Crippen LogP contribution < -0.4 is 5.32 Å². The summed E-state index contributed by atoms with van der Waals surface area (Å²) in [6.07, 6.45) is 0.128. The van der Waals surface area contributed by atoms with E-state index in [4.69, 9.17) is 4.74 Å². The maximum Gasteiger partial charge on any atom is 0.410 e. The fraction of sp³-hybridized carbons (Fsp3) is 0.500. The van der Waals surface area contributed by atoms with Crippen molar-refractivity contribution in [1.82, 2.24) is 10.2 Å². The van der Waals surface area contributed by atoms with Crippen molar-refractivity contribution < 1.29 is 19.4 Å².